The molecule has 2 N–H and O–H groups in total. The van der Waals surface area contributed by atoms with Crippen molar-refractivity contribution in [3.63, 3.8) is 0 Å². The van der Waals surface area contributed by atoms with Crippen LogP contribution in [0.5, 0.6) is 0 Å². The van der Waals surface area contributed by atoms with Gasteiger partial charge in [-0.05, 0) is 55.9 Å². The maximum absolute atomic E-state index is 12.5. The zero-order valence-corrected chi connectivity index (χ0v) is 18.6. The van der Waals surface area contributed by atoms with Crippen LogP contribution < -0.4 is 10.2 Å². The van der Waals surface area contributed by atoms with Crippen LogP contribution in [0.15, 0.2) is 24.3 Å². The summed E-state index contributed by atoms with van der Waals surface area (Å²) in [4.78, 5) is 31.4. The van der Waals surface area contributed by atoms with Crippen molar-refractivity contribution in [2.24, 2.45) is 5.92 Å². The summed E-state index contributed by atoms with van der Waals surface area (Å²) in [7, 11) is 0. The number of hydrogen-bond donors (Lipinski definition) is 2. The minimum absolute atomic E-state index is 0.0482. The molecule has 3 aliphatic heterocycles. The third-order valence-corrected chi connectivity index (χ3v) is 7.09. The van der Waals surface area contributed by atoms with Crippen molar-refractivity contribution in [2.75, 3.05) is 49.5 Å². The SMILES string of the molecule is CC1CCN(c2ccc(NC(=O)CCC(=O)N3CCC(N4CCC(O)C4)C3)cc2)CC1. The van der Waals surface area contributed by atoms with Crippen molar-refractivity contribution in [1.29, 1.82) is 0 Å². The van der Waals surface area contributed by atoms with Gasteiger partial charge in [0.15, 0.2) is 0 Å². The lowest BCUT2D eigenvalue weighted by Gasteiger charge is -2.32. The molecule has 1 aromatic carbocycles. The largest absolute Gasteiger partial charge is 0.392 e. The van der Waals surface area contributed by atoms with Crippen molar-refractivity contribution in [2.45, 2.75) is 57.6 Å². The van der Waals surface area contributed by atoms with Gasteiger partial charge in [0.25, 0.3) is 0 Å². The number of hydrogen-bond acceptors (Lipinski definition) is 5. The molecule has 0 bridgehead atoms. The van der Waals surface area contributed by atoms with E-state index in [1.807, 2.05) is 17.0 Å². The molecule has 170 valence electrons. The Kier molecular flexibility index (Phi) is 7.13. The van der Waals surface area contributed by atoms with Crippen molar-refractivity contribution < 1.29 is 14.7 Å². The van der Waals surface area contributed by atoms with Gasteiger partial charge in [-0.3, -0.25) is 14.5 Å². The van der Waals surface area contributed by atoms with Crippen LogP contribution in [0.2, 0.25) is 0 Å². The monoisotopic (exact) mass is 428 g/mol. The first-order valence-electron chi connectivity index (χ1n) is 11.8. The Morgan fingerprint density at radius 2 is 1.71 bits per heavy atom. The maximum Gasteiger partial charge on any atom is 0.224 e. The first kappa shape index (κ1) is 22.1. The minimum atomic E-state index is -0.230. The van der Waals surface area contributed by atoms with E-state index < -0.39 is 0 Å². The van der Waals surface area contributed by atoms with Gasteiger partial charge in [0, 0.05) is 69.5 Å². The van der Waals surface area contributed by atoms with Crippen LogP contribution in [0.1, 0.15) is 45.4 Å². The predicted molar refractivity (Wildman–Crippen MR) is 122 cm³/mol. The fraction of sp³-hybridized carbons (Fsp3) is 0.667. The van der Waals surface area contributed by atoms with Crippen LogP contribution in [-0.2, 0) is 9.59 Å². The topological polar surface area (TPSA) is 76.1 Å². The molecule has 2 unspecified atom stereocenters. The molecule has 0 aromatic heterocycles. The molecule has 3 saturated heterocycles. The van der Waals surface area contributed by atoms with E-state index in [0.29, 0.717) is 19.1 Å². The smallest absolute Gasteiger partial charge is 0.224 e. The molecule has 3 fully saturated rings. The third kappa shape index (κ3) is 5.77. The van der Waals surface area contributed by atoms with Crippen LogP contribution in [-0.4, -0.2) is 78.1 Å². The number of carbonyl (C=O) groups excluding carboxylic acids is 2. The van der Waals surface area contributed by atoms with Crippen molar-refractivity contribution >= 4 is 23.2 Å². The normalized spacial score (nSPS) is 25.2. The van der Waals surface area contributed by atoms with Crippen LogP contribution in [0, 0.1) is 5.92 Å². The Balaban J connectivity index is 1.18. The number of anilines is 2. The number of piperidine rings is 1. The number of benzene rings is 1. The number of carbonyl (C=O) groups is 2. The summed E-state index contributed by atoms with van der Waals surface area (Å²) in [6.45, 7) is 7.56. The molecule has 2 atom stereocenters. The number of nitrogens with one attached hydrogen (secondary N) is 1. The second-order valence-electron chi connectivity index (χ2n) is 9.48. The van der Waals surface area contributed by atoms with Crippen molar-refractivity contribution in [3.05, 3.63) is 24.3 Å². The lowest BCUT2D eigenvalue weighted by atomic mass is 9.99. The molecule has 3 aliphatic rings. The molecule has 7 heteroatoms. The zero-order valence-electron chi connectivity index (χ0n) is 18.6. The van der Waals surface area contributed by atoms with Crippen LogP contribution in [0.3, 0.4) is 0 Å². The average molecular weight is 429 g/mol. The van der Waals surface area contributed by atoms with Gasteiger partial charge in [-0.15, -0.1) is 0 Å². The quantitative estimate of drug-likeness (QED) is 0.727. The third-order valence-electron chi connectivity index (χ3n) is 7.09. The van der Waals surface area contributed by atoms with Crippen molar-refractivity contribution in [1.82, 2.24) is 9.80 Å². The molecule has 2 amide bonds. The number of β-amino-alcohol motifs (C(OH)–C–C–N with tert-alkyl or cyclic N) is 1. The number of amides is 2. The summed E-state index contributed by atoms with van der Waals surface area (Å²) in [5, 5.41) is 12.6. The summed E-state index contributed by atoms with van der Waals surface area (Å²) in [5.74, 6) is 0.732. The highest BCUT2D eigenvalue weighted by Crippen LogP contribution is 2.25. The van der Waals surface area contributed by atoms with E-state index in [0.717, 1.165) is 50.6 Å². The minimum Gasteiger partial charge on any atom is -0.392 e. The number of likely N-dealkylation sites (tertiary alicyclic amines) is 2. The number of nitrogens with zero attached hydrogens (tertiary/aromatic N) is 3. The van der Waals surface area contributed by atoms with Gasteiger partial charge >= 0.3 is 0 Å². The van der Waals surface area contributed by atoms with E-state index in [1.165, 1.54) is 18.5 Å². The van der Waals surface area contributed by atoms with Crippen molar-refractivity contribution in [3.8, 4) is 0 Å². The molecule has 7 nitrogen and oxygen atoms in total. The predicted octanol–water partition coefficient (Wildman–Crippen LogP) is 2.31. The molecule has 3 heterocycles. The standard InChI is InChI=1S/C24H36N4O3/c1-18-8-12-26(13-9-18)20-4-2-19(3-5-20)25-23(30)6-7-24(31)28-14-10-21(16-28)27-15-11-22(29)17-27/h2-5,18,21-22,29H,6-17H2,1H3,(H,25,30). The van der Waals surface area contributed by atoms with Gasteiger partial charge < -0.3 is 20.2 Å². The fourth-order valence-corrected chi connectivity index (χ4v) is 4.99. The molecule has 31 heavy (non-hydrogen) atoms. The molecule has 4 rings (SSSR count). The zero-order chi connectivity index (χ0) is 21.8. The maximum atomic E-state index is 12.5. The van der Waals surface area contributed by atoms with E-state index >= 15 is 0 Å². The fourth-order valence-electron chi connectivity index (χ4n) is 4.99. The Bertz CT molecular complexity index is 761. The Morgan fingerprint density at radius 3 is 2.39 bits per heavy atom. The van der Waals surface area contributed by atoms with Gasteiger partial charge in [-0.1, -0.05) is 6.92 Å². The van der Waals surface area contributed by atoms with E-state index in [2.05, 4.69) is 34.2 Å². The molecule has 0 spiro atoms. The molecule has 0 aliphatic carbocycles. The Hall–Kier alpha value is -2.12. The molecule has 1 aromatic rings. The molecular weight excluding hydrogens is 392 g/mol. The highest BCUT2D eigenvalue weighted by atomic mass is 16.3. The first-order chi connectivity index (χ1) is 15.0. The summed E-state index contributed by atoms with van der Waals surface area (Å²) in [6, 6.07) is 8.37. The van der Waals surface area contributed by atoms with Gasteiger partial charge in [0.1, 0.15) is 0 Å². The first-order valence-corrected chi connectivity index (χ1v) is 11.8. The van der Waals surface area contributed by atoms with E-state index in [-0.39, 0.29) is 30.8 Å². The van der Waals surface area contributed by atoms with Gasteiger partial charge in [-0.25, -0.2) is 0 Å². The Morgan fingerprint density at radius 1 is 0.968 bits per heavy atom. The van der Waals surface area contributed by atoms with E-state index in [9.17, 15) is 14.7 Å². The van der Waals surface area contributed by atoms with E-state index in [1.54, 1.807) is 0 Å². The lowest BCUT2D eigenvalue weighted by Crippen LogP contribution is -2.38. The van der Waals surface area contributed by atoms with Crippen LogP contribution >= 0.6 is 0 Å². The molecular formula is C24H36N4O3. The van der Waals surface area contributed by atoms with Gasteiger partial charge in [0.05, 0.1) is 6.10 Å². The molecule has 0 saturated carbocycles. The van der Waals surface area contributed by atoms with Gasteiger partial charge in [-0.2, -0.15) is 0 Å². The highest BCUT2D eigenvalue weighted by Gasteiger charge is 2.33. The lowest BCUT2D eigenvalue weighted by molar-refractivity contribution is -0.132. The van der Waals surface area contributed by atoms with Gasteiger partial charge in [0.2, 0.25) is 11.8 Å². The number of rotatable bonds is 6. The highest BCUT2D eigenvalue weighted by molar-refractivity contribution is 5.93. The number of aliphatic hydroxyl groups is 1. The summed E-state index contributed by atoms with van der Waals surface area (Å²) >= 11 is 0. The van der Waals surface area contributed by atoms with E-state index in [4.69, 9.17) is 0 Å². The number of aliphatic hydroxyl groups excluding tert-OH is 1. The second-order valence-corrected chi connectivity index (χ2v) is 9.48. The summed E-state index contributed by atoms with van der Waals surface area (Å²) in [6.07, 6.45) is 4.44. The summed E-state index contributed by atoms with van der Waals surface area (Å²) in [5.41, 5.74) is 1.98. The molecule has 0 radical (unpaired) electrons. The average Bonchev–Trinajstić information content (AvgIpc) is 3.42. The van der Waals surface area contributed by atoms with Crippen LogP contribution in [0.4, 0.5) is 11.4 Å². The second kappa shape index (κ2) is 10.0. The van der Waals surface area contributed by atoms with Crippen LogP contribution in [0.25, 0.3) is 0 Å². The summed E-state index contributed by atoms with van der Waals surface area (Å²) < 4.78 is 0. The Labute approximate surface area is 185 Å².